The van der Waals surface area contributed by atoms with E-state index in [1.54, 1.807) is 17.4 Å². The number of methoxy groups -OCH3 is 1. The molecule has 162 valence electrons. The first-order chi connectivity index (χ1) is 15.0. The molecular formula is C21H21N3O4S3. The molecule has 1 aliphatic rings. The third kappa shape index (κ3) is 5.25. The van der Waals surface area contributed by atoms with Gasteiger partial charge >= 0.3 is 5.97 Å². The van der Waals surface area contributed by atoms with Crippen LogP contribution in [-0.2, 0) is 22.4 Å². The number of nitrogens with one attached hydrogen (secondary N) is 1. The van der Waals surface area contributed by atoms with Crippen molar-refractivity contribution < 1.29 is 18.7 Å². The number of fused-ring (bicyclic) bond motifs is 1. The largest absolute Gasteiger partial charge is 0.465 e. The van der Waals surface area contributed by atoms with Gasteiger partial charge in [-0.05, 0) is 48.3 Å². The number of thiophene rings is 2. The van der Waals surface area contributed by atoms with E-state index in [1.165, 1.54) is 18.4 Å². The van der Waals surface area contributed by atoms with Gasteiger partial charge in [0.05, 0.1) is 18.4 Å². The molecule has 0 bridgehead atoms. The van der Waals surface area contributed by atoms with E-state index in [1.807, 2.05) is 23.6 Å². The van der Waals surface area contributed by atoms with Crippen LogP contribution in [0.4, 0.5) is 5.00 Å². The molecule has 3 aromatic heterocycles. The molecule has 31 heavy (non-hydrogen) atoms. The van der Waals surface area contributed by atoms with Crippen LogP contribution in [0.3, 0.4) is 0 Å². The molecule has 0 saturated carbocycles. The highest BCUT2D eigenvalue weighted by Gasteiger charge is 2.28. The summed E-state index contributed by atoms with van der Waals surface area (Å²) in [6.45, 7) is 2.20. The van der Waals surface area contributed by atoms with Gasteiger partial charge in [-0.1, -0.05) is 24.8 Å². The van der Waals surface area contributed by atoms with E-state index in [0.29, 0.717) is 27.6 Å². The standard InChI is InChI=1S/C21H21N3O4S3/c1-12-5-7-14-15(10-12)31-19(18(14)20(26)27-2)22-16(25)11-30-21-24-23-17(28-21)8-6-13-4-3-9-29-13/h3-4,6,8-9,12H,5,7,10-11H2,1-2H3,(H,22,25)/b8-6+. The minimum atomic E-state index is -0.408. The van der Waals surface area contributed by atoms with Crippen LogP contribution < -0.4 is 5.32 Å². The Hall–Kier alpha value is -2.43. The van der Waals surface area contributed by atoms with E-state index in [0.717, 1.165) is 46.3 Å². The van der Waals surface area contributed by atoms with Crippen molar-refractivity contribution in [1.82, 2.24) is 10.2 Å². The van der Waals surface area contributed by atoms with Crippen molar-refractivity contribution in [3.63, 3.8) is 0 Å². The van der Waals surface area contributed by atoms with E-state index in [-0.39, 0.29) is 11.7 Å². The first-order valence-corrected chi connectivity index (χ1v) is 12.4. The Labute approximate surface area is 191 Å². The molecule has 1 unspecified atom stereocenters. The lowest BCUT2D eigenvalue weighted by atomic mass is 9.88. The van der Waals surface area contributed by atoms with Crippen LogP contribution in [-0.4, -0.2) is 34.9 Å². The van der Waals surface area contributed by atoms with Crippen LogP contribution in [0.5, 0.6) is 0 Å². The Morgan fingerprint density at radius 3 is 3.03 bits per heavy atom. The average Bonchev–Trinajstić information content (AvgIpc) is 3.49. The normalized spacial score (nSPS) is 15.7. The van der Waals surface area contributed by atoms with E-state index >= 15 is 0 Å². The summed E-state index contributed by atoms with van der Waals surface area (Å²) in [5, 5.41) is 13.7. The lowest BCUT2D eigenvalue weighted by Gasteiger charge is -2.18. The van der Waals surface area contributed by atoms with Crippen LogP contribution in [0.2, 0.25) is 0 Å². The second-order valence-corrected chi connectivity index (χ2v) is 10.2. The lowest BCUT2D eigenvalue weighted by molar-refractivity contribution is -0.113. The number of thioether (sulfide) groups is 1. The van der Waals surface area contributed by atoms with Gasteiger partial charge in [0.25, 0.3) is 5.22 Å². The molecule has 0 radical (unpaired) electrons. The predicted octanol–water partition coefficient (Wildman–Crippen LogP) is 5.01. The number of esters is 1. The van der Waals surface area contributed by atoms with Crippen LogP contribution >= 0.6 is 34.4 Å². The number of aromatic nitrogens is 2. The van der Waals surface area contributed by atoms with Crippen molar-refractivity contribution in [3.8, 4) is 0 Å². The lowest BCUT2D eigenvalue weighted by Crippen LogP contribution is -2.17. The van der Waals surface area contributed by atoms with Gasteiger partial charge in [0.1, 0.15) is 5.00 Å². The molecule has 0 aromatic carbocycles. The van der Waals surface area contributed by atoms with Gasteiger partial charge in [0.2, 0.25) is 11.8 Å². The number of amides is 1. The summed E-state index contributed by atoms with van der Waals surface area (Å²) < 4.78 is 10.5. The van der Waals surface area contributed by atoms with Gasteiger partial charge in [-0.25, -0.2) is 4.79 Å². The maximum atomic E-state index is 12.5. The maximum absolute atomic E-state index is 12.5. The summed E-state index contributed by atoms with van der Waals surface area (Å²) in [6.07, 6.45) is 6.40. The fourth-order valence-electron chi connectivity index (χ4n) is 3.33. The maximum Gasteiger partial charge on any atom is 0.341 e. The number of carbonyl (C=O) groups is 2. The molecule has 3 aromatic rings. The van der Waals surface area contributed by atoms with Crippen LogP contribution in [0.25, 0.3) is 12.2 Å². The van der Waals surface area contributed by atoms with Crippen LogP contribution in [0, 0.1) is 5.92 Å². The fourth-order valence-corrected chi connectivity index (χ4v) is 5.94. The molecule has 4 rings (SSSR count). The van der Waals surface area contributed by atoms with E-state index in [4.69, 9.17) is 9.15 Å². The Morgan fingerprint density at radius 1 is 1.39 bits per heavy atom. The van der Waals surface area contributed by atoms with Crippen molar-refractivity contribution in [3.05, 3.63) is 44.3 Å². The third-order valence-corrected chi connectivity index (χ3v) is 7.66. The Balaban J connectivity index is 1.39. The summed E-state index contributed by atoms with van der Waals surface area (Å²) in [6, 6.07) is 3.96. The number of anilines is 1. The monoisotopic (exact) mass is 475 g/mol. The highest BCUT2D eigenvalue weighted by atomic mass is 32.2. The summed E-state index contributed by atoms with van der Waals surface area (Å²) in [5.74, 6) is 0.390. The molecule has 7 nitrogen and oxygen atoms in total. The summed E-state index contributed by atoms with van der Waals surface area (Å²) in [5.41, 5.74) is 1.50. The van der Waals surface area contributed by atoms with E-state index < -0.39 is 5.97 Å². The number of hydrogen-bond donors (Lipinski definition) is 1. The van der Waals surface area contributed by atoms with Gasteiger partial charge in [-0.3, -0.25) is 4.79 Å². The molecule has 3 heterocycles. The quantitative estimate of drug-likeness (QED) is 0.379. The Kier molecular flexibility index (Phi) is 6.89. The third-order valence-electron chi connectivity index (χ3n) is 4.84. The second kappa shape index (κ2) is 9.80. The number of hydrogen-bond acceptors (Lipinski definition) is 9. The minimum absolute atomic E-state index is 0.0931. The summed E-state index contributed by atoms with van der Waals surface area (Å²) in [4.78, 5) is 27.1. The smallest absolute Gasteiger partial charge is 0.341 e. The molecule has 1 aliphatic carbocycles. The number of rotatable bonds is 7. The van der Waals surface area contributed by atoms with Gasteiger partial charge in [-0.15, -0.1) is 32.9 Å². The van der Waals surface area contributed by atoms with Gasteiger partial charge in [0.15, 0.2) is 0 Å². The molecule has 0 aliphatic heterocycles. The zero-order chi connectivity index (χ0) is 21.8. The van der Waals surface area contributed by atoms with Gasteiger partial charge < -0.3 is 14.5 Å². The van der Waals surface area contributed by atoms with E-state index in [9.17, 15) is 9.59 Å². The number of carbonyl (C=O) groups excluding carboxylic acids is 2. The first kappa shape index (κ1) is 21.8. The van der Waals surface area contributed by atoms with Crippen molar-refractivity contribution in [2.75, 3.05) is 18.2 Å². The molecule has 1 N–H and O–H groups in total. The van der Waals surface area contributed by atoms with Crippen molar-refractivity contribution in [2.45, 2.75) is 31.4 Å². The minimum Gasteiger partial charge on any atom is -0.465 e. The predicted molar refractivity (Wildman–Crippen MR) is 124 cm³/mol. The van der Waals surface area contributed by atoms with Crippen LogP contribution in [0.1, 0.15) is 44.9 Å². The Bertz CT molecular complexity index is 1100. The van der Waals surface area contributed by atoms with Gasteiger partial charge in [0, 0.05) is 15.8 Å². The fraction of sp³-hybridized carbons (Fsp3) is 0.333. The zero-order valence-corrected chi connectivity index (χ0v) is 19.5. The van der Waals surface area contributed by atoms with Crippen molar-refractivity contribution in [1.29, 1.82) is 0 Å². The van der Waals surface area contributed by atoms with E-state index in [2.05, 4.69) is 22.4 Å². The van der Waals surface area contributed by atoms with Crippen molar-refractivity contribution >= 4 is 63.5 Å². The number of ether oxygens (including phenoxy) is 1. The van der Waals surface area contributed by atoms with Crippen molar-refractivity contribution in [2.24, 2.45) is 5.92 Å². The highest BCUT2D eigenvalue weighted by Crippen LogP contribution is 2.40. The second-order valence-electron chi connectivity index (χ2n) is 7.14. The zero-order valence-electron chi connectivity index (χ0n) is 17.0. The topological polar surface area (TPSA) is 94.3 Å². The van der Waals surface area contributed by atoms with Gasteiger partial charge in [-0.2, -0.15) is 0 Å². The molecule has 0 saturated heterocycles. The Morgan fingerprint density at radius 2 is 2.26 bits per heavy atom. The first-order valence-electron chi connectivity index (χ1n) is 9.74. The molecule has 0 fully saturated rings. The molecule has 0 spiro atoms. The molecule has 1 amide bonds. The van der Waals surface area contributed by atoms with Crippen LogP contribution in [0.15, 0.2) is 27.2 Å². The average molecular weight is 476 g/mol. The molecule has 1 atom stereocenters. The SMILES string of the molecule is COC(=O)c1c(NC(=O)CSc2nnc(/C=C/c3cccs3)o2)sc2c1CCC(C)C2. The molecular weight excluding hydrogens is 454 g/mol. The number of nitrogens with zero attached hydrogens (tertiary/aromatic N) is 2. The highest BCUT2D eigenvalue weighted by molar-refractivity contribution is 7.99. The summed E-state index contributed by atoms with van der Waals surface area (Å²) in [7, 11) is 1.36. The molecule has 10 heteroatoms. The summed E-state index contributed by atoms with van der Waals surface area (Å²) >= 11 is 4.23.